The lowest BCUT2D eigenvalue weighted by Crippen LogP contribution is -2.61. The number of nitrogens with one attached hydrogen (secondary N) is 1. The molecule has 1 amide bonds. The van der Waals surface area contributed by atoms with Crippen LogP contribution < -0.4 is 5.32 Å². The van der Waals surface area contributed by atoms with E-state index >= 15 is 0 Å². The van der Waals surface area contributed by atoms with Crippen LogP contribution in [0.5, 0.6) is 0 Å². The van der Waals surface area contributed by atoms with Gasteiger partial charge in [-0.2, -0.15) is 0 Å². The Hall–Kier alpha value is -3.10. The van der Waals surface area contributed by atoms with Crippen molar-refractivity contribution in [2.24, 2.45) is 28.6 Å². The molecule has 3 fully saturated rings. The van der Waals surface area contributed by atoms with Gasteiger partial charge >= 0.3 is 5.97 Å². The third-order valence-electron chi connectivity index (χ3n) is 10.7. The largest absolute Gasteiger partial charge is 0.458 e. The number of aliphatic hydroxyl groups excluding tert-OH is 1. The molecule has 4 aliphatic carbocycles. The van der Waals surface area contributed by atoms with Crippen molar-refractivity contribution < 1.29 is 34.1 Å². The quantitative estimate of drug-likeness (QED) is 0.411. The van der Waals surface area contributed by atoms with E-state index in [0.29, 0.717) is 6.42 Å². The molecule has 8 nitrogen and oxygen atoms in total. The van der Waals surface area contributed by atoms with Crippen LogP contribution in [0.3, 0.4) is 0 Å². The Labute approximate surface area is 241 Å². The fourth-order valence-electron chi connectivity index (χ4n) is 8.48. The van der Waals surface area contributed by atoms with Gasteiger partial charge in [0.15, 0.2) is 12.4 Å². The van der Waals surface area contributed by atoms with Gasteiger partial charge in [0.1, 0.15) is 5.60 Å². The summed E-state index contributed by atoms with van der Waals surface area (Å²) < 4.78 is 5.24. The molecule has 1 aromatic rings. The Morgan fingerprint density at radius 1 is 1.12 bits per heavy atom. The SMILES string of the molecule is C[C@@H](NC(=O)CCC(=O)OCC(=O)[C@@]1(O)CC[C@H]2[C@@H]3CCC4=CC(=O)C=C[C@]4(C)[C@H]3[C@@H](O)C[C@@]21C)c1ccccc1. The first kappa shape index (κ1) is 29.4. The summed E-state index contributed by atoms with van der Waals surface area (Å²) in [5, 5.41) is 26.1. The second-order valence-corrected chi connectivity index (χ2v) is 12.9. The Morgan fingerprint density at radius 3 is 2.59 bits per heavy atom. The molecule has 0 unspecified atom stereocenters. The fourth-order valence-corrected chi connectivity index (χ4v) is 8.48. The van der Waals surface area contributed by atoms with Gasteiger partial charge < -0.3 is 20.3 Å². The molecule has 0 aromatic heterocycles. The molecule has 8 heteroatoms. The molecule has 41 heavy (non-hydrogen) atoms. The zero-order chi connectivity index (χ0) is 29.6. The molecule has 220 valence electrons. The summed E-state index contributed by atoms with van der Waals surface area (Å²) in [5.74, 6) is -1.55. The van der Waals surface area contributed by atoms with Crippen LogP contribution in [-0.2, 0) is 23.9 Å². The van der Waals surface area contributed by atoms with Crippen LogP contribution in [0.1, 0.15) is 77.3 Å². The first-order valence-electron chi connectivity index (χ1n) is 14.8. The summed E-state index contributed by atoms with van der Waals surface area (Å²) in [7, 11) is 0. The Balaban J connectivity index is 1.18. The predicted octanol–water partition coefficient (Wildman–Crippen LogP) is 3.77. The summed E-state index contributed by atoms with van der Waals surface area (Å²) in [6.45, 7) is 5.26. The van der Waals surface area contributed by atoms with Gasteiger partial charge in [-0.15, -0.1) is 0 Å². The van der Waals surface area contributed by atoms with E-state index in [0.717, 1.165) is 24.0 Å². The van der Waals surface area contributed by atoms with Gasteiger partial charge in [-0.05, 0) is 68.6 Å². The molecule has 0 radical (unpaired) electrons. The highest BCUT2D eigenvalue weighted by molar-refractivity contribution is 6.01. The molecule has 3 saturated carbocycles. The standard InChI is InChI=1S/C33H41NO7/c1-20(21-7-5-4-6-8-21)34-28(38)11-12-29(39)41-19-27(37)33(40)16-14-25-24-10-9-22-17-23(35)13-15-31(22,2)30(24)26(36)18-32(25,33)3/h4-8,13,15,17,20,24-26,30,36,40H,9-12,14,16,18-19H2,1-3H3,(H,34,38)/t20-,24+,25+,26+,30-,31+,32+,33+/m1/s1. The maximum atomic E-state index is 13.4. The molecule has 0 aliphatic heterocycles. The zero-order valence-electron chi connectivity index (χ0n) is 24.1. The topological polar surface area (TPSA) is 130 Å². The molecule has 0 spiro atoms. The van der Waals surface area contributed by atoms with Crippen molar-refractivity contribution in [3.63, 3.8) is 0 Å². The Kier molecular flexibility index (Phi) is 7.85. The van der Waals surface area contributed by atoms with Crippen LogP contribution in [-0.4, -0.2) is 52.0 Å². The summed E-state index contributed by atoms with van der Waals surface area (Å²) in [6.07, 6.45) is 6.88. The molecular weight excluding hydrogens is 522 g/mol. The van der Waals surface area contributed by atoms with Crippen LogP contribution in [0, 0.1) is 28.6 Å². The predicted molar refractivity (Wildman–Crippen MR) is 151 cm³/mol. The number of carbonyl (C=O) groups is 4. The van der Waals surface area contributed by atoms with Gasteiger partial charge in [0, 0.05) is 23.2 Å². The van der Waals surface area contributed by atoms with Crippen molar-refractivity contribution in [2.75, 3.05) is 6.61 Å². The minimum Gasteiger partial charge on any atom is -0.458 e. The van der Waals surface area contributed by atoms with E-state index in [9.17, 15) is 29.4 Å². The summed E-state index contributed by atoms with van der Waals surface area (Å²) in [4.78, 5) is 50.2. The van der Waals surface area contributed by atoms with Crippen LogP contribution >= 0.6 is 0 Å². The van der Waals surface area contributed by atoms with Gasteiger partial charge in [0.2, 0.25) is 11.7 Å². The number of ketones is 2. The van der Waals surface area contributed by atoms with E-state index in [-0.39, 0.29) is 61.2 Å². The molecule has 1 aromatic carbocycles. The summed E-state index contributed by atoms with van der Waals surface area (Å²) in [5.41, 5.74) is -1.01. The van der Waals surface area contributed by atoms with Gasteiger partial charge in [-0.1, -0.05) is 55.8 Å². The van der Waals surface area contributed by atoms with E-state index in [1.165, 1.54) is 0 Å². The molecule has 5 rings (SSSR count). The summed E-state index contributed by atoms with van der Waals surface area (Å²) >= 11 is 0. The Morgan fingerprint density at radius 2 is 1.85 bits per heavy atom. The van der Waals surface area contributed by atoms with Crippen LogP contribution in [0.4, 0.5) is 0 Å². The summed E-state index contributed by atoms with van der Waals surface area (Å²) in [6, 6.07) is 9.29. The third-order valence-corrected chi connectivity index (χ3v) is 10.7. The van der Waals surface area contributed by atoms with Gasteiger partial charge in [0.25, 0.3) is 0 Å². The first-order chi connectivity index (χ1) is 19.4. The van der Waals surface area contributed by atoms with E-state index in [4.69, 9.17) is 4.74 Å². The first-order valence-corrected chi connectivity index (χ1v) is 14.8. The van der Waals surface area contributed by atoms with Gasteiger partial charge in [0.05, 0.1) is 18.6 Å². The monoisotopic (exact) mass is 563 g/mol. The smallest absolute Gasteiger partial charge is 0.306 e. The molecule has 0 bridgehead atoms. The lowest BCUT2D eigenvalue weighted by Gasteiger charge is -2.59. The molecule has 8 atom stereocenters. The number of ether oxygens (including phenoxy) is 1. The number of hydrogen-bond donors (Lipinski definition) is 3. The number of aliphatic hydroxyl groups is 2. The number of esters is 1. The normalized spacial score (nSPS) is 36.3. The lowest BCUT2D eigenvalue weighted by molar-refractivity contribution is -0.181. The van der Waals surface area contributed by atoms with Crippen LogP contribution in [0.2, 0.25) is 0 Å². The maximum absolute atomic E-state index is 13.4. The molecule has 3 N–H and O–H groups in total. The highest BCUT2D eigenvalue weighted by Gasteiger charge is 2.68. The van der Waals surface area contributed by atoms with Crippen molar-refractivity contribution in [2.45, 2.75) is 83.5 Å². The van der Waals surface area contributed by atoms with E-state index in [2.05, 4.69) is 12.2 Å². The van der Waals surface area contributed by atoms with Gasteiger partial charge in [-0.3, -0.25) is 19.2 Å². The maximum Gasteiger partial charge on any atom is 0.306 e. The van der Waals surface area contributed by atoms with E-state index < -0.39 is 40.9 Å². The average Bonchev–Trinajstić information content (AvgIpc) is 3.21. The van der Waals surface area contributed by atoms with Crippen LogP contribution in [0.15, 0.2) is 54.1 Å². The Bertz CT molecular complexity index is 1290. The third kappa shape index (κ3) is 5.10. The van der Waals surface area contributed by atoms with Crippen molar-refractivity contribution >= 4 is 23.4 Å². The second-order valence-electron chi connectivity index (χ2n) is 12.9. The van der Waals surface area contributed by atoms with Crippen molar-refractivity contribution in [3.05, 3.63) is 59.7 Å². The van der Waals surface area contributed by atoms with Crippen molar-refractivity contribution in [1.82, 2.24) is 5.32 Å². The zero-order valence-corrected chi connectivity index (χ0v) is 24.1. The van der Waals surface area contributed by atoms with Gasteiger partial charge in [-0.25, -0.2) is 0 Å². The number of carbonyl (C=O) groups excluding carboxylic acids is 4. The number of Topliss-reactive ketones (excluding diaryl/α,β-unsaturated/α-hetero) is 1. The lowest BCUT2D eigenvalue weighted by atomic mass is 9.46. The molecule has 0 heterocycles. The van der Waals surface area contributed by atoms with Crippen LogP contribution in [0.25, 0.3) is 0 Å². The molecule has 4 aliphatic rings. The highest BCUT2D eigenvalue weighted by Crippen LogP contribution is 2.67. The minimum absolute atomic E-state index is 0.0141. The number of fused-ring (bicyclic) bond motifs is 5. The number of hydrogen-bond acceptors (Lipinski definition) is 7. The average molecular weight is 564 g/mol. The number of rotatable bonds is 8. The molecule has 0 saturated heterocycles. The number of allylic oxidation sites excluding steroid dienone is 4. The van der Waals surface area contributed by atoms with Crippen molar-refractivity contribution in [3.8, 4) is 0 Å². The van der Waals surface area contributed by atoms with E-state index in [1.807, 2.05) is 50.3 Å². The number of amides is 1. The molecular formula is C33H41NO7. The second kappa shape index (κ2) is 11.0. The van der Waals surface area contributed by atoms with E-state index in [1.54, 1.807) is 12.2 Å². The highest BCUT2D eigenvalue weighted by atomic mass is 16.5. The number of benzene rings is 1. The fraction of sp³-hybridized carbons (Fsp3) is 0.576. The van der Waals surface area contributed by atoms with Crippen molar-refractivity contribution in [1.29, 1.82) is 0 Å². The minimum atomic E-state index is -1.72.